The van der Waals surface area contributed by atoms with Crippen LogP contribution in [0.3, 0.4) is 0 Å². The van der Waals surface area contributed by atoms with Gasteiger partial charge in [-0.05, 0) is 48.5 Å². The van der Waals surface area contributed by atoms with E-state index in [-0.39, 0.29) is 0 Å². The molecule has 0 amide bonds. The van der Waals surface area contributed by atoms with Crippen molar-refractivity contribution in [2.45, 2.75) is 0 Å². The lowest BCUT2D eigenvalue weighted by Gasteiger charge is -2.01. The summed E-state index contributed by atoms with van der Waals surface area (Å²) in [5.74, 6) is -1.06. The molecule has 0 aromatic heterocycles. The molecule has 4 heteroatoms. The first-order valence-electron chi connectivity index (χ1n) is 5.18. The van der Waals surface area contributed by atoms with Gasteiger partial charge < -0.3 is 0 Å². The van der Waals surface area contributed by atoms with Crippen LogP contribution < -0.4 is 0 Å². The number of hydrogen-bond donors (Lipinski definition) is 0. The fourth-order valence-electron chi connectivity index (χ4n) is 1.46. The second-order valence-electron chi connectivity index (χ2n) is 3.67. The third kappa shape index (κ3) is 2.86. The molecule has 0 saturated heterocycles. The standard InChI is InChI=1S/C14H8BrClO2/c15-11-5-1-9(2-6-11)13(17)14(18)10-3-7-12(16)8-4-10/h1-8H. The van der Waals surface area contributed by atoms with Crippen molar-refractivity contribution in [2.75, 3.05) is 0 Å². The second kappa shape index (κ2) is 5.46. The summed E-state index contributed by atoms with van der Waals surface area (Å²) in [6, 6.07) is 12.9. The van der Waals surface area contributed by atoms with E-state index in [2.05, 4.69) is 15.9 Å². The van der Waals surface area contributed by atoms with Gasteiger partial charge in [-0.1, -0.05) is 27.5 Å². The zero-order valence-electron chi connectivity index (χ0n) is 9.19. The summed E-state index contributed by atoms with van der Waals surface area (Å²) in [5, 5.41) is 0.530. The molecule has 0 N–H and O–H groups in total. The van der Waals surface area contributed by atoms with Crippen LogP contribution in [-0.2, 0) is 0 Å². The largest absolute Gasteiger partial charge is 0.285 e. The molecule has 0 spiro atoms. The smallest absolute Gasteiger partial charge is 0.233 e. The maximum absolute atomic E-state index is 11.9. The summed E-state index contributed by atoms with van der Waals surface area (Å²) in [4.78, 5) is 23.9. The van der Waals surface area contributed by atoms with Crippen molar-refractivity contribution in [1.82, 2.24) is 0 Å². The summed E-state index contributed by atoms with van der Waals surface area (Å²) < 4.78 is 0.859. The topological polar surface area (TPSA) is 34.1 Å². The number of hydrogen-bond acceptors (Lipinski definition) is 2. The van der Waals surface area contributed by atoms with Crippen LogP contribution in [-0.4, -0.2) is 11.6 Å². The molecule has 0 heterocycles. The summed E-state index contributed by atoms with van der Waals surface area (Å²) in [6.07, 6.45) is 0. The summed E-state index contributed by atoms with van der Waals surface area (Å²) in [6.45, 7) is 0. The normalized spacial score (nSPS) is 10.1. The van der Waals surface area contributed by atoms with Gasteiger partial charge in [0, 0.05) is 20.6 Å². The van der Waals surface area contributed by atoms with Crippen LogP contribution in [0, 0.1) is 0 Å². The zero-order valence-corrected chi connectivity index (χ0v) is 11.5. The molecular weight excluding hydrogens is 316 g/mol. The van der Waals surface area contributed by atoms with E-state index >= 15 is 0 Å². The number of halogens is 2. The Kier molecular flexibility index (Phi) is 3.94. The molecule has 0 atom stereocenters. The number of rotatable bonds is 3. The third-order valence-electron chi connectivity index (χ3n) is 2.42. The minimum Gasteiger partial charge on any atom is -0.285 e. The van der Waals surface area contributed by atoms with Gasteiger partial charge in [0.25, 0.3) is 0 Å². The van der Waals surface area contributed by atoms with Crippen molar-refractivity contribution in [3.63, 3.8) is 0 Å². The van der Waals surface area contributed by atoms with Crippen molar-refractivity contribution in [3.8, 4) is 0 Å². The van der Waals surface area contributed by atoms with E-state index in [0.29, 0.717) is 16.1 Å². The second-order valence-corrected chi connectivity index (χ2v) is 5.02. The van der Waals surface area contributed by atoms with Crippen molar-refractivity contribution in [3.05, 3.63) is 69.2 Å². The van der Waals surface area contributed by atoms with E-state index < -0.39 is 11.6 Å². The molecule has 0 fully saturated rings. The highest BCUT2D eigenvalue weighted by Gasteiger charge is 2.17. The predicted octanol–water partition coefficient (Wildman–Crippen LogP) is 4.17. The molecule has 18 heavy (non-hydrogen) atoms. The molecule has 2 rings (SSSR count). The number of carbonyl (C=O) groups is 2. The first kappa shape index (κ1) is 13.0. The van der Waals surface area contributed by atoms with E-state index in [1.807, 2.05) is 0 Å². The van der Waals surface area contributed by atoms with Crippen molar-refractivity contribution >= 4 is 39.1 Å². The number of carbonyl (C=O) groups excluding carboxylic acids is 2. The van der Waals surface area contributed by atoms with Gasteiger partial charge in [0.15, 0.2) is 0 Å². The minimum absolute atomic E-state index is 0.340. The molecule has 0 aliphatic rings. The summed E-state index contributed by atoms with van der Waals surface area (Å²) in [5.41, 5.74) is 0.713. The maximum atomic E-state index is 11.9. The Labute approximate surface area is 118 Å². The lowest BCUT2D eigenvalue weighted by molar-refractivity contribution is 0.0817. The summed E-state index contributed by atoms with van der Waals surface area (Å²) >= 11 is 9.00. The van der Waals surface area contributed by atoms with Crippen LogP contribution in [0.5, 0.6) is 0 Å². The van der Waals surface area contributed by atoms with E-state index in [9.17, 15) is 9.59 Å². The van der Waals surface area contributed by atoms with Gasteiger partial charge in [-0.25, -0.2) is 0 Å². The molecule has 0 unspecified atom stereocenters. The van der Waals surface area contributed by atoms with Crippen LogP contribution in [0.15, 0.2) is 53.0 Å². The molecule has 2 aromatic carbocycles. The Morgan fingerprint density at radius 3 is 1.61 bits per heavy atom. The fourth-order valence-corrected chi connectivity index (χ4v) is 1.86. The fraction of sp³-hybridized carbons (Fsp3) is 0. The van der Waals surface area contributed by atoms with E-state index in [4.69, 9.17) is 11.6 Å². The van der Waals surface area contributed by atoms with Crippen LogP contribution in [0.4, 0.5) is 0 Å². The van der Waals surface area contributed by atoms with Gasteiger partial charge in [-0.2, -0.15) is 0 Å². The van der Waals surface area contributed by atoms with Crippen LogP contribution >= 0.6 is 27.5 Å². The molecule has 0 aliphatic heterocycles. The van der Waals surface area contributed by atoms with E-state index in [1.54, 1.807) is 48.5 Å². The lowest BCUT2D eigenvalue weighted by atomic mass is 10.0. The summed E-state index contributed by atoms with van der Waals surface area (Å²) in [7, 11) is 0. The molecule has 2 aromatic rings. The van der Waals surface area contributed by atoms with Gasteiger partial charge in [-0.3, -0.25) is 9.59 Å². The molecule has 0 saturated carbocycles. The minimum atomic E-state index is -0.533. The maximum Gasteiger partial charge on any atom is 0.233 e. The molecular formula is C14H8BrClO2. The van der Waals surface area contributed by atoms with Crippen molar-refractivity contribution in [2.24, 2.45) is 0 Å². The Hall–Kier alpha value is -1.45. The predicted molar refractivity (Wildman–Crippen MR) is 74.3 cm³/mol. The third-order valence-corrected chi connectivity index (χ3v) is 3.20. The SMILES string of the molecule is O=C(C(=O)c1ccc(Br)cc1)c1ccc(Cl)cc1. The van der Waals surface area contributed by atoms with Crippen LogP contribution in [0.2, 0.25) is 5.02 Å². The number of benzene rings is 2. The van der Waals surface area contributed by atoms with E-state index in [1.165, 1.54) is 0 Å². The first-order chi connectivity index (χ1) is 8.58. The molecule has 0 aliphatic carbocycles. The van der Waals surface area contributed by atoms with E-state index in [0.717, 1.165) is 4.47 Å². The average molecular weight is 324 g/mol. The Morgan fingerprint density at radius 1 is 0.778 bits per heavy atom. The zero-order chi connectivity index (χ0) is 13.1. The van der Waals surface area contributed by atoms with Crippen molar-refractivity contribution < 1.29 is 9.59 Å². The van der Waals surface area contributed by atoms with Crippen LogP contribution in [0.25, 0.3) is 0 Å². The highest BCUT2D eigenvalue weighted by atomic mass is 79.9. The molecule has 0 radical (unpaired) electrons. The number of Topliss-reactive ketones (excluding diaryl/α,β-unsaturated/α-hetero) is 2. The molecule has 0 bridgehead atoms. The Bertz CT molecular complexity index is 533. The molecule has 90 valence electrons. The Balaban J connectivity index is 2.26. The first-order valence-corrected chi connectivity index (χ1v) is 6.35. The van der Waals surface area contributed by atoms with Crippen LogP contribution in [0.1, 0.15) is 20.7 Å². The average Bonchev–Trinajstić information content (AvgIpc) is 2.39. The van der Waals surface area contributed by atoms with Crippen molar-refractivity contribution in [1.29, 1.82) is 0 Å². The molecule has 2 nitrogen and oxygen atoms in total. The Morgan fingerprint density at radius 2 is 1.17 bits per heavy atom. The monoisotopic (exact) mass is 322 g/mol. The van der Waals surface area contributed by atoms with Gasteiger partial charge in [0.2, 0.25) is 11.6 Å². The number of ketones is 2. The highest BCUT2D eigenvalue weighted by molar-refractivity contribution is 9.10. The highest BCUT2D eigenvalue weighted by Crippen LogP contribution is 2.14. The van der Waals surface area contributed by atoms with Gasteiger partial charge in [0.1, 0.15) is 0 Å². The lowest BCUT2D eigenvalue weighted by Crippen LogP contribution is -2.14. The van der Waals surface area contributed by atoms with Gasteiger partial charge in [-0.15, -0.1) is 0 Å². The van der Waals surface area contributed by atoms with Gasteiger partial charge >= 0.3 is 0 Å². The van der Waals surface area contributed by atoms with Gasteiger partial charge in [0.05, 0.1) is 0 Å². The quantitative estimate of drug-likeness (QED) is 0.627.